The van der Waals surface area contributed by atoms with Gasteiger partial charge in [-0.15, -0.1) is 0 Å². The Labute approximate surface area is 422 Å². The van der Waals surface area contributed by atoms with Crippen LogP contribution in [0, 0.1) is 59.2 Å². The Morgan fingerprint density at radius 2 is 0.901 bits per heavy atom. The summed E-state index contributed by atoms with van der Waals surface area (Å²) in [5.41, 5.74) is 5.10. The first kappa shape index (κ1) is 50.7. The Morgan fingerprint density at radius 1 is 0.563 bits per heavy atom. The molecule has 8 bridgehead atoms. The maximum atomic E-state index is 13.4. The maximum absolute atomic E-state index is 13.4. The van der Waals surface area contributed by atoms with Crippen LogP contribution in [0.4, 0.5) is 0 Å². The molecule has 0 radical (unpaired) electrons. The van der Waals surface area contributed by atoms with Crippen molar-refractivity contribution in [1.82, 2.24) is 14.5 Å². The summed E-state index contributed by atoms with van der Waals surface area (Å²) in [6.45, 7) is 3.23. The number of carbonyl (C=O) groups excluding carboxylic acids is 3. The fourth-order valence-corrected chi connectivity index (χ4v) is 18.3. The molecule has 13 nitrogen and oxygen atoms in total. The highest BCUT2D eigenvalue weighted by atomic mass is 32.2. The number of hydrogen-bond acceptors (Lipinski definition) is 8. The molecule has 4 N–H and O–H groups in total. The Morgan fingerprint density at radius 3 is 1.24 bits per heavy atom. The van der Waals surface area contributed by atoms with E-state index in [1.54, 1.807) is 0 Å². The van der Waals surface area contributed by atoms with Gasteiger partial charge in [0.05, 0.1) is 18.9 Å². The van der Waals surface area contributed by atoms with Gasteiger partial charge in [0.2, 0.25) is 37.8 Å². The summed E-state index contributed by atoms with van der Waals surface area (Å²) >= 11 is 0. The SMILES string of the molecule is CS(=O)(=O)NC(=O)CC1CC2(CCN(C(=O)CC3C4CC5CC(C4)CC3C5)CC2)c2ccccc21.CS(N)(=O)=O.O=C(O)CC1CC2(CCN(C(=O)CC3C4CC5CC(C4)CC3C5)CC2)c2ccccc21. The Kier molecular flexibility index (Phi) is 14.1. The average Bonchev–Trinajstić information content (AvgIpc) is 3.75. The largest absolute Gasteiger partial charge is 0.481 e. The molecule has 12 aliphatic rings. The molecule has 2 heterocycles. The summed E-state index contributed by atoms with van der Waals surface area (Å²) < 4.78 is 44.0. The van der Waals surface area contributed by atoms with Crippen LogP contribution in [0.25, 0.3) is 0 Å². The molecule has 71 heavy (non-hydrogen) atoms. The molecule has 2 spiro atoms. The number of rotatable bonds is 9. The minimum absolute atomic E-state index is 0.0169. The smallest absolute Gasteiger partial charge is 0.303 e. The lowest BCUT2D eigenvalue weighted by molar-refractivity contribution is -0.139. The Hall–Kier alpha value is -3.82. The van der Waals surface area contributed by atoms with Crippen molar-refractivity contribution < 1.29 is 41.1 Å². The zero-order valence-electron chi connectivity index (χ0n) is 42.0. The van der Waals surface area contributed by atoms with E-state index in [-0.39, 0.29) is 35.5 Å². The predicted octanol–water partition coefficient (Wildman–Crippen LogP) is 7.84. The van der Waals surface area contributed by atoms with E-state index in [0.717, 1.165) is 137 Å². The second kappa shape index (κ2) is 19.8. The van der Waals surface area contributed by atoms with Crippen molar-refractivity contribution in [2.75, 3.05) is 38.7 Å². The quantitative estimate of drug-likeness (QED) is 0.224. The van der Waals surface area contributed by atoms with Gasteiger partial charge in [-0.25, -0.2) is 22.0 Å². The van der Waals surface area contributed by atoms with Crippen molar-refractivity contribution in [2.45, 2.75) is 151 Å². The number of nitrogens with zero attached hydrogens (tertiary/aromatic N) is 2. The summed E-state index contributed by atoms with van der Waals surface area (Å²) in [6.07, 6.45) is 23.3. The molecule has 10 aliphatic carbocycles. The van der Waals surface area contributed by atoms with Gasteiger partial charge in [0.1, 0.15) is 0 Å². The second-order valence-corrected chi connectivity index (χ2v) is 28.2. The van der Waals surface area contributed by atoms with Crippen LogP contribution >= 0.6 is 0 Å². The number of benzene rings is 2. The fraction of sp³-hybridized carbons (Fsp3) is 0.714. The van der Waals surface area contributed by atoms with Gasteiger partial charge in [-0.3, -0.25) is 23.9 Å². The van der Waals surface area contributed by atoms with E-state index in [0.29, 0.717) is 23.7 Å². The molecule has 2 saturated heterocycles. The van der Waals surface area contributed by atoms with Gasteiger partial charge in [-0.1, -0.05) is 48.5 Å². The van der Waals surface area contributed by atoms with E-state index in [2.05, 4.69) is 56.1 Å². The number of carboxylic acid groups (broad SMARTS) is 1. The first-order valence-corrected chi connectivity index (χ1v) is 31.0. The van der Waals surface area contributed by atoms with Crippen LogP contribution in [-0.2, 0) is 50.1 Å². The van der Waals surface area contributed by atoms with Gasteiger partial charge in [0.25, 0.3) is 0 Å². The minimum atomic E-state index is -3.56. The number of carboxylic acids is 1. The third-order valence-corrected chi connectivity index (χ3v) is 20.8. The standard InChI is InChI=1S/C28H38N2O4S.C27H35NO3.CH5NO2S/c1-35(33,34)29-26(31)15-22-17-28(25-5-3-2-4-23(22)25)6-8-30(9-7-28)27(32)16-24-20-11-18-10-19(13-20)14-21(24)12-18;29-25(15-23-19-10-17-9-18(12-19)13-20(23)11-17)28-7-5-27(6-8-28)16-21(14-26(30)31)22-3-1-2-4-24(22)27;1-5(2,3)4/h2-5,18-22,24H,6-17H2,1H3,(H,29,31);1-4,17-21,23H,5-16H2,(H,30,31);1H3,(H2,2,3,4). The molecule has 15 heteroatoms. The number of primary sulfonamides is 1. The summed E-state index contributed by atoms with van der Waals surface area (Å²) in [6, 6.07) is 16.8. The van der Waals surface area contributed by atoms with E-state index in [1.807, 2.05) is 12.1 Å². The molecule has 2 aromatic rings. The van der Waals surface area contributed by atoms with Crippen LogP contribution < -0.4 is 9.86 Å². The average molecular weight is 1020 g/mol. The van der Waals surface area contributed by atoms with Crippen LogP contribution in [0.3, 0.4) is 0 Å². The van der Waals surface area contributed by atoms with E-state index in [4.69, 9.17) is 0 Å². The number of likely N-dealkylation sites (tertiary alicyclic amines) is 2. The first-order valence-electron chi connectivity index (χ1n) is 27.1. The van der Waals surface area contributed by atoms with Crippen LogP contribution in [0.1, 0.15) is 163 Å². The molecule has 2 unspecified atom stereocenters. The van der Waals surface area contributed by atoms with Gasteiger partial charge < -0.3 is 14.9 Å². The number of fused-ring (bicyclic) bond motifs is 4. The topological polar surface area (TPSA) is 201 Å². The van der Waals surface area contributed by atoms with E-state index in [9.17, 15) is 41.1 Å². The van der Waals surface area contributed by atoms with E-state index < -0.39 is 31.9 Å². The Balaban J connectivity index is 0.000000151. The van der Waals surface area contributed by atoms with Gasteiger partial charge in [0.15, 0.2) is 0 Å². The number of amides is 3. The molecule has 14 rings (SSSR count). The lowest BCUT2D eigenvalue weighted by atomic mass is 9.51. The number of nitrogens with one attached hydrogen (secondary N) is 1. The third-order valence-electron chi connectivity index (χ3n) is 20.2. The van der Waals surface area contributed by atoms with Crippen molar-refractivity contribution in [2.24, 2.45) is 64.3 Å². The van der Waals surface area contributed by atoms with Crippen molar-refractivity contribution in [3.05, 3.63) is 70.8 Å². The zero-order chi connectivity index (χ0) is 50.0. The van der Waals surface area contributed by atoms with Crippen molar-refractivity contribution in [1.29, 1.82) is 0 Å². The molecule has 2 aromatic carbocycles. The second-order valence-electron chi connectivity index (χ2n) is 24.8. The minimum Gasteiger partial charge on any atom is -0.481 e. The van der Waals surface area contributed by atoms with Gasteiger partial charge in [0, 0.05) is 45.4 Å². The number of piperidine rings is 2. The van der Waals surface area contributed by atoms with E-state index >= 15 is 0 Å². The maximum Gasteiger partial charge on any atom is 0.303 e. The highest BCUT2D eigenvalue weighted by Gasteiger charge is 2.52. The van der Waals surface area contributed by atoms with E-state index in [1.165, 1.54) is 86.5 Å². The molecule has 2 atom stereocenters. The zero-order valence-corrected chi connectivity index (χ0v) is 43.7. The molecule has 8 saturated carbocycles. The van der Waals surface area contributed by atoms with Gasteiger partial charge >= 0.3 is 5.97 Å². The molecule has 0 aromatic heterocycles. The molecule has 388 valence electrons. The number of aliphatic carboxylic acids is 1. The summed E-state index contributed by atoms with van der Waals surface area (Å²) in [4.78, 5) is 54.8. The number of nitrogens with two attached hydrogens (primary N) is 1. The fourth-order valence-electron chi connectivity index (χ4n) is 17.8. The number of sulfonamides is 2. The van der Waals surface area contributed by atoms with Crippen LogP contribution in [0.15, 0.2) is 48.5 Å². The van der Waals surface area contributed by atoms with Gasteiger partial charge in [-0.05, 0) is 207 Å². The Bertz CT molecular complexity index is 2520. The number of carbonyl (C=O) groups is 4. The first-order chi connectivity index (χ1) is 33.7. The highest BCUT2D eigenvalue weighted by Crippen LogP contribution is 2.60. The molecular weight excluding hydrogens is 937 g/mol. The number of hydrogen-bond donors (Lipinski definition) is 3. The van der Waals surface area contributed by atoms with Crippen molar-refractivity contribution in [3.63, 3.8) is 0 Å². The molecule has 2 aliphatic heterocycles. The summed E-state index contributed by atoms with van der Waals surface area (Å²) in [7, 11) is -6.72. The summed E-state index contributed by atoms with van der Waals surface area (Å²) in [5, 5.41) is 13.7. The molecule has 10 fully saturated rings. The third kappa shape index (κ3) is 11.0. The van der Waals surface area contributed by atoms with Crippen LogP contribution in [-0.4, -0.2) is 94.1 Å². The lowest BCUT2D eigenvalue weighted by Crippen LogP contribution is -2.49. The van der Waals surface area contributed by atoms with Gasteiger partial charge in [-0.2, -0.15) is 0 Å². The van der Waals surface area contributed by atoms with Crippen LogP contribution in [0.5, 0.6) is 0 Å². The normalized spacial score (nSPS) is 34.2. The molecule has 3 amide bonds. The predicted molar refractivity (Wildman–Crippen MR) is 272 cm³/mol. The van der Waals surface area contributed by atoms with Crippen LogP contribution in [0.2, 0.25) is 0 Å². The van der Waals surface area contributed by atoms with Crippen molar-refractivity contribution in [3.8, 4) is 0 Å². The summed E-state index contributed by atoms with van der Waals surface area (Å²) in [5.74, 6) is 7.98. The highest BCUT2D eigenvalue weighted by molar-refractivity contribution is 7.89. The molecular formula is C56H78N4O9S2. The lowest BCUT2D eigenvalue weighted by Gasteiger charge is -2.54. The van der Waals surface area contributed by atoms with Crippen molar-refractivity contribution >= 4 is 43.7 Å². The monoisotopic (exact) mass is 1010 g/mol.